The number of rotatable bonds is 6. The van der Waals surface area contributed by atoms with Crippen LogP contribution >= 0.6 is 0 Å². The molecule has 6 rings (SSSR count). The Labute approximate surface area is 245 Å². The largest absolute Gasteiger partial charge is 0.449 e. The van der Waals surface area contributed by atoms with Crippen LogP contribution in [0.15, 0.2) is 72.8 Å². The van der Waals surface area contributed by atoms with Crippen LogP contribution in [0.3, 0.4) is 0 Å². The SMILES string of the molecule is CC(C)(C)N1CCC(COC(=O)Nc2nc3ccc(C4(O)c5ccccc5C(=O)N4Cc4ccccc4)cc3[nH]2)CC1. The second kappa shape index (κ2) is 10.9. The number of anilines is 1. The number of ether oxygens (including phenoxy) is 1. The van der Waals surface area contributed by atoms with Crippen molar-refractivity contribution in [2.45, 2.75) is 51.4 Å². The number of hydrogen-bond acceptors (Lipinski definition) is 6. The summed E-state index contributed by atoms with van der Waals surface area (Å²) in [6.45, 7) is 9.26. The number of H-pyrrole nitrogens is 1. The summed E-state index contributed by atoms with van der Waals surface area (Å²) in [5.41, 5.74) is 2.11. The van der Waals surface area contributed by atoms with Crippen molar-refractivity contribution in [3.05, 3.63) is 95.1 Å². The van der Waals surface area contributed by atoms with Crippen LogP contribution in [-0.4, -0.2) is 62.1 Å². The molecule has 0 bridgehead atoms. The van der Waals surface area contributed by atoms with E-state index in [0.29, 0.717) is 40.2 Å². The van der Waals surface area contributed by atoms with E-state index in [4.69, 9.17) is 4.74 Å². The molecule has 2 aliphatic rings. The Morgan fingerprint density at radius 2 is 1.79 bits per heavy atom. The predicted octanol–water partition coefficient (Wildman–Crippen LogP) is 5.47. The summed E-state index contributed by atoms with van der Waals surface area (Å²) in [7, 11) is 0. The average molecular weight is 568 g/mol. The molecule has 1 atom stereocenters. The fourth-order valence-electron chi connectivity index (χ4n) is 6.06. The Balaban J connectivity index is 1.18. The monoisotopic (exact) mass is 567 g/mol. The fourth-order valence-corrected chi connectivity index (χ4v) is 6.06. The van der Waals surface area contributed by atoms with E-state index in [9.17, 15) is 14.7 Å². The molecule has 2 amide bonds. The van der Waals surface area contributed by atoms with Gasteiger partial charge in [-0.1, -0.05) is 54.6 Å². The number of carbonyl (C=O) groups is 2. The number of nitrogens with one attached hydrogen (secondary N) is 2. The van der Waals surface area contributed by atoms with E-state index >= 15 is 0 Å². The van der Waals surface area contributed by atoms with Crippen LogP contribution < -0.4 is 5.32 Å². The van der Waals surface area contributed by atoms with E-state index < -0.39 is 11.8 Å². The van der Waals surface area contributed by atoms with Gasteiger partial charge in [0.2, 0.25) is 5.95 Å². The molecule has 0 radical (unpaired) electrons. The normalized spacial score (nSPS) is 19.7. The molecule has 1 aromatic heterocycles. The Hall–Kier alpha value is -4.21. The number of aromatic amines is 1. The second-order valence-corrected chi connectivity index (χ2v) is 12.2. The summed E-state index contributed by atoms with van der Waals surface area (Å²) in [6.07, 6.45) is 1.43. The van der Waals surface area contributed by atoms with Crippen LogP contribution in [0.4, 0.5) is 10.7 Å². The van der Waals surface area contributed by atoms with Crippen molar-refractivity contribution in [3.63, 3.8) is 0 Å². The molecule has 3 N–H and O–H groups in total. The van der Waals surface area contributed by atoms with Gasteiger partial charge in [0, 0.05) is 28.8 Å². The number of carbonyl (C=O) groups excluding carboxylic acids is 2. The molecule has 0 aliphatic carbocycles. The van der Waals surface area contributed by atoms with Gasteiger partial charge < -0.3 is 14.8 Å². The second-order valence-electron chi connectivity index (χ2n) is 12.2. The van der Waals surface area contributed by atoms with Crippen LogP contribution in [0.5, 0.6) is 0 Å². The lowest BCUT2D eigenvalue weighted by Gasteiger charge is -2.40. The van der Waals surface area contributed by atoms with Gasteiger partial charge in [0.1, 0.15) is 0 Å². The Kier molecular flexibility index (Phi) is 7.24. The van der Waals surface area contributed by atoms with Crippen LogP contribution in [0.25, 0.3) is 11.0 Å². The highest BCUT2D eigenvalue weighted by molar-refractivity contribution is 6.00. The van der Waals surface area contributed by atoms with Crippen molar-refractivity contribution in [1.82, 2.24) is 19.8 Å². The summed E-state index contributed by atoms with van der Waals surface area (Å²) in [4.78, 5) is 37.6. The molecule has 3 aromatic carbocycles. The number of likely N-dealkylation sites (tertiary alicyclic amines) is 1. The molecular formula is C33H37N5O4. The molecule has 0 saturated carbocycles. The Bertz CT molecular complexity index is 1600. The summed E-state index contributed by atoms with van der Waals surface area (Å²) < 4.78 is 5.53. The lowest BCUT2D eigenvalue weighted by Crippen LogP contribution is -2.46. The zero-order valence-electron chi connectivity index (χ0n) is 24.3. The quantitative estimate of drug-likeness (QED) is 0.285. The lowest BCUT2D eigenvalue weighted by atomic mass is 9.93. The molecule has 3 heterocycles. The minimum absolute atomic E-state index is 0.150. The van der Waals surface area contributed by atoms with Gasteiger partial charge in [0.05, 0.1) is 17.6 Å². The number of hydrogen-bond donors (Lipinski definition) is 3. The first-order valence-electron chi connectivity index (χ1n) is 14.5. The first kappa shape index (κ1) is 27.9. The molecule has 2 aliphatic heterocycles. The molecule has 9 nitrogen and oxygen atoms in total. The van der Waals surface area contributed by atoms with E-state index in [-0.39, 0.29) is 23.9 Å². The van der Waals surface area contributed by atoms with Gasteiger partial charge in [-0.3, -0.25) is 19.9 Å². The highest BCUT2D eigenvalue weighted by Crippen LogP contribution is 2.43. The minimum atomic E-state index is -1.68. The number of amides is 2. The molecule has 4 aromatic rings. The lowest BCUT2D eigenvalue weighted by molar-refractivity contribution is -0.0542. The topological polar surface area (TPSA) is 111 Å². The Morgan fingerprint density at radius 1 is 1.07 bits per heavy atom. The summed E-state index contributed by atoms with van der Waals surface area (Å²) in [5.74, 6) is 0.353. The first-order chi connectivity index (χ1) is 20.1. The van der Waals surface area contributed by atoms with Crippen LogP contribution in [0, 0.1) is 5.92 Å². The smallest absolute Gasteiger partial charge is 0.413 e. The number of fused-ring (bicyclic) bond motifs is 2. The van der Waals surface area contributed by atoms with Gasteiger partial charge in [-0.2, -0.15) is 0 Å². The number of imidazole rings is 1. The number of nitrogens with zero attached hydrogens (tertiary/aromatic N) is 3. The van der Waals surface area contributed by atoms with E-state index in [0.717, 1.165) is 31.5 Å². The fraction of sp³-hybridized carbons (Fsp3) is 0.364. The molecule has 218 valence electrons. The third kappa shape index (κ3) is 5.26. The third-order valence-corrected chi connectivity index (χ3v) is 8.47. The maximum Gasteiger partial charge on any atom is 0.413 e. The number of piperidine rings is 1. The van der Waals surface area contributed by atoms with Crippen LogP contribution in [0.1, 0.15) is 60.7 Å². The standard InChI is InChI=1S/C33H37N5O4/c1-32(2,3)37-17-15-23(16-18-37)21-42-31(40)36-30-34-27-14-13-24(19-28(27)35-30)33(41)26-12-8-7-11-25(26)29(39)38(33)20-22-9-5-4-6-10-22/h4-14,19,23,41H,15-18,20-21H2,1-3H3,(H2,34,35,36,40). The van der Waals surface area contributed by atoms with Gasteiger partial charge in [-0.25, -0.2) is 9.78 Å². The van der Waals surface area contributed by atoms with Crippen molar-refractivity contribution in [1.29, 1.82) is 0 Å². The van der Waals surface area contributed by atoms with Gasteiger partial charge in [0.15, 0.2) is 5.72 Å². The first-order valence-corrected chi connectivity index (χ1v) is 14.5. The molecular weight excluding hydrogens is 530 g/mol. The van der Waals surface area contributed by atoms with Gasteiger partial charge in [0.25, 0.3) is 5.91 Å². The van der Waals surface area contributed by atoms with Crippen molar-refractivity contribution in [2.75, 3.05) is 25.0 Å². The van der Waals surface area contributed by atoms with Gasteiger partial charge in [-0.15, -0.1) is 0 Å². The predicted molar refractivity (Wildman–Crippen MR) is 161 cm³/mol. The minimum Gasteiger partial charge on any atom is -0.449 e. The zero-order chi connectivity index (χ0) is 29.5. The van der Waals surface area contributed by atoms with Crippen molar-refractivity contribution in [3.8, 4) is 0 Å². The molecule has 0 spiro atoms. The summed E-state index contributed by atoms with van der Waals surface area (Å²) in [6, 6.07) is 22.0. The average Bonchev–Trinajstić information content (AvgIpc) is 3.48. The van der Waals surface area contributed by atoms with Crippen LogP contribution in [-0.2, 0) is 17.0 Å². The van der Waals surface area contributed by atoms with Gasteiger partial charge in [-0.05, 0) is 76.4 Å². The maximum absolute atomic E-state index is 13.5. The number of aromatic nitrogens is 2. The van der Waals surface area contributed by atoms with E-state index in [1.807, 2.05) is 36.4 Å². The zero-order valence-corrected chi connectivity index (χ0v) is 24.3. The summed E-state index contributed by atoms with van der Waals surface area (Å²) in [5, 5.41) is 15.0. The molecule has 1 saturated heterocycles. The van der Waals surface area contributed by atoms with E-state index in [2.05, 4.69) is 41.0 Å². The van der Waals surface area contributed by atoms with Crippen molar-refractivity contribution < 1.29 is 19.4 Å². The maximum atomic E-state index is 13.5. The molecule has 1 unspecified atom stereocenters. The van der Waals surface area contributed by atoms with E-state index in [1.54, 1.807) is 36.4 Å². The highest BCUT2D eigenvalue weighted by Gasteiger charge is 2.49. The third-order valence-electron chi connectivity index (χ3n) is 8.47. The molecule has 42 heavy (non-hydrogen) atoms. The van der Waals surface area contributed by atoms with Crippen molar-refractivity contribution >= 4 is 29.0 Å². The van der Waals surface area contributed by atoms with Crippen molar-refractivity contribution in [2.24, 2.45) is 5.92 Å². The molecule has 1 fully saturated rings. The van der Waals surface area contributed by atoms with Gasteiger partial charge >= 0.3 is 6.09 Å². The highest BCUT2D eigenvalue weighted by atomic mass is 16.5. The molecule has 9 heteroatoms. The Morgan fingerprint density at radius 3 is 2.52 bits per heavy atom. The van der Waals surface area contributed by atoms with E-state index in [1.165, 1.54) is 4.90 Å². The number of aliphatic hydroxyl groups is 1. The van der Waals surface area contributed by atoms with Crippen LogP contribution in [0.2, 0.25) is 0 Å². The summed E-state index contributed by atoms with van der Waals surface area (Å²) >= 11 is 0. The number of benzene rings is 3.